The lowest BCUT2D eigenvalue weighted by Crippen LogP contribution is -2.51. The molecule has 0 saturated carbocycles. The first-order valence-corrected chi connectivity index (χ1v) is 2.19. The molecule has 1 atom stereocenters. The third kappa shape index (κ3) is 2.45. The minimum absolute atomic E-state index is 0. The molecule has 62 valence electrons. The van der Waals surface area contributed by atoms with E-state index < -0.39 is 17.9 Å². The second-order valence-electron chi connectivity index (χ2n) is 1.89. The molecular formula is C4H8ClF2NO2. The van der Waals surface area contributed by atoms with Crippen LogP contribution < -0.4 is 5.73 Å². The first-order valence-electron chi connectivity index (χ1n) is 2.19. The fourth-order valence-electron chi connectivity index (χ4n) is 0.0933. The molecule has 0 saturated heterocycles. The van der Waals surface area contributed by atoms with Crippen molar-refractivity contribution in [2.75, 3.05) is 0 Å². The van der Waals surface area contributed by atoms with E-state index in [9.17, 15) is 13.6 Å². The zero-order valence-electron chi connectivity index (χ0n) is 5.17. The molecule has 3 N–H and O–H groups in total. The second-order valence-corrected chi connectivity index (χ2v) is 1.89. The number of carboxylic acids is 1. The average molecular weight is 176 g/mol. The molecule has 0 aliphatic rings. The lowest BCUT2D eigenvalue weighted by Gasteiger charge is -2.16. The van der Waals surface area contributed by atoms with Crippen molar-refractivity contribution in [3.8, 4) is 0 Å². The SMILES string of the molecule is CC(N)(C(=O)O)C(F)F.Cl. The Morgan fingerprint density at radius 3 is 2.00 bits per heavy atom. The van der Waals surface area contributed by atoms with Crippen LogP contribution in [0.3, 0.4) is 0 Å². The van der Waals surface area contributed by atoms with E-state index in [4.69, 9.17) is 5.11 Å². The highest BCUT2D eigenvalue weighted by Gasteiger charge is 2.38. The van der Waals surface area contributed by atoms with Crippen LogP contribution in [0.15, 0.2) is 0 Å². The molecule has 0 aliphatic carbocycles. The molecule has 0 amide bonds. The maximum absolute atomic E-state index is 11.6. The van der Waals surface area contributed by atoms with Crippen molar-refractivity contribution in [3.63, 3.8) is 0 Å². The molecule has 1 unspecified atom stereocenters. The number of nitrogens with two attached hydrogens (primary N) is 1. The summed E-state index contributed by atoms with van der Waals surface area (Å²) in [6.07, 6.45) is -3.03. The van der Waals surface area contributed by atoms with Gasteiger partial charge in [-0.05, 0) is 6.92 Å². The Balaban J connectivity index is 0. The van der Waals surface area contributed by atoms with Crippen LogP contribution in [0.4, 0.5) is 8.78 Å². The van der Waals surface area contributed by atoms with Gasteiger partial charge in [-0.3, -0.25) is 4.79 Å². The summed E-state index contributed by atoms with van der Waals surface area (Å²) in [5.41, 5.74) is 2.24. The van der Waals surface area contributed by atoms with Gasteiger partial charge in [0, 0.05) is 0 Å². The Labute approximate surface area is 62.6 Å². The van der Waals surface area contributed by atoms with Crippen molar-refractivity contribution in [1.29, 1.82) is 0 Å². The van der Waals surface area contributed by atoms with Crippen LogP contribution in [0.25, 0.3) is 0 Å². The minimum atomic E-state index is -3.03. The van der Waals surface area contributed by atoms with Crippen molar-refractivity contribution < 1.29 is 18.7 Å². The summed E-state index contributed by atoms with van der Waals surface area (Å²) in [5, 5.41) is 8.01. The number of carbonyl (C=O) groups is 1. The van der Waals surface area contributed by atoms with Crippen molar-refractivity contribution in [2.45, 2.75) is 18.9 Å². The summed E-state index contributed by atoms with van der Waals surface area (Å²) in [4.78, 5) is 9.86. The van der Waals surface area contributed by atoms with Crippen LogP contribution >= 0.6 is 12.4 Å². The number of hydrogen-bond donors (Lipinski definition) is 2. The molecule has 0 rings (SSSR count). The molecule has 3 nitrogen and oxygen atoms in total. The van der Waals surface area contributed by atoms with E-state index in [2.05, 4.69) is 5.73 Å². The molecule has 0 spiro atoms. The summed E-state index contributed by atoms with van der Waals surface area (Å²) in [7, 11) is 0. The van der Waals surface area contributed by atoms with E-state index in [0.29, 0.717) is 0 Å². The van der Waals surface area contributed by atoms with Gasteiger partial charge in [0.25, 0.3) is 6.43 Å². The fourth-order valence-corrected chi connectivity index (χ4v) is 0.0933. The van der Waals surface area contributed by atoms with Gasteiger partial charge in [0.15, 0.2) is 5.54 Å². The molecule has 6 heteroatoms. The van der Waals surface area contributed by atoms with Gasteiger partial charge in [-0.25, -0.2) is 8.78 Å². The largest absolute Gasteiger partial charge is 0.480 e. The molecule has 0 aromatic heterocycles. The van der Waals surface area contributed by atoms with Gasteiger partial charge >= 0.3 is 5.97 Å². The topological polar surface area (TPSA) is 63.3 Å². The molecular weight excluding hydrogens is 167 g/mol. The standard InChI is InChI=1S/C4H7F2NO2.ClH/c1-4(7,2(5)6)3(8)9;/h2H,7H2,1H3,(H,8,9);1H. The van der Waals surface area contributed by atoms with E-state index in [0.717, 1.165) is 6.92 Å². The fraction of sp³-hybridized carbons (Fsp3) is 0.750. The van der Waals surface area contributed by atoms with Crippen LogP contribution in [-0.2, 0) is 4.79 Å². The molecule has 10 heavy (non-hydrogen) atoms. The monoisotopic (exact) mass is 175 g/mol. The van der Waals surface area contributed by atoms with Gasteiger partial charge in [-0.2, -0.15) is 0 Å². The summed E-state index contributed by atoms with van der Waals surface area (Å²) in [6.45, 7) is 0.764. The maximum Gasteiger partial charge on any atom is 0.329 e. The second kappa shape index (κ2) is 3.68. The highest BCUT2D eigenvalue weighted by atomic mass is 35.5. The molecule has 0 heterocycles. The van der Waals surface area contributed by atoms with Crippen molar-refractivity contribution in [2.24, 2.45) is 5.73 Å². The Kier molecular flexibility index (Phi) is 4.51. The molecule has 0 aliphatic heterocycles. The lowest BCUT2D eigenvalue weighted by atomic mass is 10.1. The summed E-state index contributed by atoms with van der Waals surface area (Å²) in [5.74, 6) is -1.70. The van der Waals surface area contributed by atoms with E-state index in [1.807, 2.05) is 0 Å². The molecule has 0 radical (unpaired) electrons. The van der Waals surface area contributed by atoms with Crippen LogP contribution in [0.5, 0.6) is 0 Å². The van der Waals surface area contributed by atoms with Gasteiger partial charge < -0.3 is 10.8 Å². The Bertz CT molecular complexity index is 128. The molecule has 0 bridgehead atoms. The number of halogens is 3. The summed E-state index contributed by atoms with van der Waals surface area (Å²) in [6, 6.07) is 0. The molecule has 0 aromatic rings. The summed E-state index contributed by atoms with van der Waals surface area (Å²) >= 11 is 0. The van der Waals surface area contributed by atoms with Crippen molar-refractivity contribution >= 4 is 18.4 Å². The van der Waals surface area contributed by atoms with Gasteiger partial charge in [0.1, 0.15) is 0 Å². The van der Waals surface area contributed by atoms with E-state index in [1.165, 1.54) is 0 Å². The number of rotatable bonds is 2. The van der Waals surface area contributed by atoms with E-state index in [1.54, 1.807) is 0 Å². The first-order chi connectivity index (χ1) is 3.89. The van der Waals surface area contributed by atoms with Gasteiger partial charge in [-0.1, -0.05) is 0 Å². The Hall–Kier alpha value is -0.420. The quantitative estimate of drug-likeness (QED) is 0.642. The van der Waals surface area contributed by atoms with Crippen LogP contribution in [0.1, 0.15) is 6.92 Å². The van der Waals surface area contributed by atoms with Gasteiger partial charge in [0.2, 0.25) is 0 Å². The zero-order valence-corrected chi connectivity index (χ0v) is 5.99. The number of carboxylic acid groups (broad SMARTS) is 1. The van der Waals surface area contributed by atoms with Crippen LogP contribution in [0.2, 0.25) is 0 Å². The third-order valence-electron chi connectivity index (χ3n) is 0.914. The Morgan fingerprint density at radius 1 is 1.70 bits per heavy atom. The van der Waals surface area contributed by atoms with Crippen molar-refractivity contribution in [3.05, 3.63) is 0 Å². The maximum atomic E-state index is 11.6. The van der Waals surface area contributed by atoms with Crippen LogP contribution in [-0.4, -0.2) is 23.0 Å². The van der Waals surface area contributed by atoms with Crippen molar-refractivity contribution in [1.82, 2.24) is 0 Å². The summed E-state index contributed by atoms with van der Waals surface area (Å²) < 4.78 is 23.1. The van der Waals surface area contributed by atoms with E-state index in [-0.39, 0.29) is 12.4 Å². The number of alkyl halides is 2. The highest BCUT2D eigenvalue weighted by molar-refractivity contribution is 5.85. The third-order valence-corrected chi connectivity index (χ3v) is 0.914. The van der Waals surface area contributed by atoms with Gasteiger partial charge in [0.05, 0.1) is 0 Å². The van der Waals surface area contributed by atoms with Crippen LogP contribution in [0, 0.1) is 0 Å². The predicted molar refractivity (Wildman–Crippen MR) is 33.5 cm³/mol. The molecule has 0 fully saturated rings. The lowest BCUT2D eigenvalue weighted by molar-refractivity contribution is -0.148. The number of hydrogen-bond acceptors (Lipinski definition) is 2. The Morgan fingerprint density at radius 2 is 2.00 bits per heavy atom. The molecule has 0 aromatic carbocycles. The average Bonchev–Trinajstić information content (AvgIpc) is 1.65. The number of aliphatic carboxylic acids is 1. The highest BCUT2D eigenvalue weighted by Crippen LogP contribution is 2.10. The zero-order chi connectivity index (χ0) is 7.65. The minimum Gasteiger partial charge on any atom is -0.480 e. The first kappa shape index (κ1) is 12.3. The smallest absolute Gasteiger partial charge is 0.329 e. The predicted octanol–water partition coefficient (Wildman–Crippen LogP) is 0.475. The van der Waals surface area contributed by atoms with Gasteiger partial charge in [-0.15, -0.1) is 12.4 Å². The van der Waals surface area contributed by atoms with E-state index >= 15 is 0 Å². The normalized spacial score (nSPS) is 15.7.